The zero-order valence-electron chi connectivity index (χ0n) is 14.6. The molecule has 1 saturated heterocycles. The van der Waals surface area contributed by atoms with Gasteiger partial charge in [-0.05, 0) is 55.3 Å². The van der Waals surface area contributed by atoms with Crippen LogP contribution in [-0.4, -0.2) is 50.8 Å². The molecule has 3 rings (SSSR count). The highest BCUT2D eigenvalue weighted by molar-refractivity contribution is 5.84. The first-order chi connectivity index (χ1) is 12.2. The molecule has 8 nitrogen and oxygen atoms in total. The number of aromatic nitrogens is 4. The number of carbonyl (C=O) groups excluding carboxylic acids is 1. The molecule has 25 heavy (non-hydrogen) atoms. The maximum atomic E-state index is 12.7. The fourth-order valence-corrected chi connectivity index (χ4v) is 3.05. The predicted molar refractivity (Wildman–Crippen MR) is 95.5 cm³/mol. The van der Waals surface area contributed by atoms with Crippen molar-refractivity contribution in [2.24, 2.45) is 0 Å². The van der Waals surface area contributed by atoms with Gasteiger partial charge in [0.2, 0.25) is 11.9 Å². The Balaban J connectivity index is 1.68. The standard InChI is InChI=1S/C17H25N7O/c1-3-14(16(25)19-15-10-7-11-18-12(15)2)20-17-21-22-23-24(17)13-8-5-4-6-9-13/h4-6,8-9,12,14-15,18H,3,7,10-11H2,1-2H3,(H,19,25)(H,20,21,23). The number of anilines is 1. The van der Waals surface area contributed by atoms with Crippen molar-refractivity contribution in [3.8, 4) is 5.69 Å². The Morgan fingerprint density at radius 2 is 2.20 bits per heavy atom. The maximum Gasteiger partial charge on any atom is 0.248 e. The van der Waals surface area contributed by atoms with Crippen LogP contribution in [0.2, 0.25) is 0 Å². The number of carbonyl (C=O) groups is 1. The predicted octanol–water partition coefficient (Wildman–Crippen LogP) is 1.11. The summed E-state index contributed by atoms with van der Waals surface area (Å²) < 4.78 is 1.60. The zero-order chi connectivity index (χ0) is 17.6. The quantitative estimate of drug-likeness (QED) is 0.727. The Kier molecular flexibility index (Phi) is 5.60. The van der Waals surface area contributed by atoms with Gasteiger partial charge in [-0.1, -0.05) is 30.2 Å². The van der Waals surface area contributed by atoms with E-state index in [-0.39, 0.29) is 24.0 Å². The normalized spacial score (nSPS) is 21.5. The molecule has 2 aromatic rings. The minimum absolute atomic E-state index is 0.0225. The second-order valence-corrected chi connectivity index (χ2v) is 6.36. The third-order valence-electron chi connectivity index (χ3n) is 4.59. The summed E-state index contributed by atoms with van der Waals surface area (Å²) in [6, 6.07) is 9.65. The molecule has 8 heteroatoms. The van der Waals surface area contributed by atoms with Crippen LogP contribution in [-0.2, 0) is 4.79 Å². The summed E-state index contributed by atoms with van der Waals surface area (Å²) in [5, 5.41) is 21.5. The molecular formula is C17H25N7O. The minimum Gasteiger partial charge on any atom is -0.350 e. The van der Waals surface area contributed by atoms with E-state index < -0.39 is 0 Å². The number of rotatable bonds is 6. The molecule has 0 spiro atoms. The number of hydrogen-bond acceptors (Lipinski definition) is 6. The van der Waals surface area contributed by atoms with Crippen molar-refractivity contribution in [3.63, 3.8) is 0 Å². The van der Waals surface area contributed by atoms with Crippen molar-refractivity contribution in [1.29, 1.82) is 0 Å². The molecule has 0 radical (unpaired) electrons. The first-order valence-corrected chi connectivity index (χ1v) is 8.83. The summed E-state index contributed by atoms with van der Waals surface area (Å²) in [5.41, 5.74) is 0.843. The molecule has 1 aliphatic heterocycles. The van der Waals surface area contributed by atoms with E-state index in [1.807, 2.05) is 37.3 Å². The summed E-state index contributed by atoms with van der Waals surface area (Å²) in [6.45, 7) is 5.08. The Morgan fingerprint density at radius 3 is 2.92 bits per heavy atom. The number of nitrogens with one attached hydrogen (secondary N) is 3. The van der Waals surface area contributed by atoms with Gasteiger partial charge in [-0.25, -0.2) is 0 Å². The average Bonchev–Trinajstić information content (AvgIpc) is 3.10. The Labute approximate surface area is 147 Å². The van der Waals surface area contributed by atoms with Gasteiger partial charge >= 0.3 is 0 Å². The number of benzene rings is 1. The van der Waals surface area contributed by atoms with Crippen LogP contribution in [0.3, 0.4) is 0 Å². The largest absolute Gasteiger partial charge is 0.350 e. The van der Waals surface area contributed by atoms with Gasteiger partial charge in [0.15, 0.2) is 0 Å². The van der Waals surface area contributed by atoms with Crippen LogP contribution in [0.4, 0.5) is 5.95 Å². The van der Waals surface area contributed by atoms with E-state index in [0.717, 1.165) is 25.1 Å². The van der Waals surface area contributed by atoms with Gasteiger partial charge in [-0.3, -0.25) is 4.79 Å². The summed E-state index contributed by atoms with van der Waals surface area (Å²) >= 11 is 0. The second kappa shape index (κ2) is 8.06. The molecule has 134 valence electrons. The number of nitrogens with zero attached hydrogens (tertiary/aromatic N) is 4. The van der Waals surface area contributed by atoms with Gasteiger partial charge in [-0.15, -0.1) is 0 Å². The van der Waals surface area contributed by atoms with Gasteiger partial charge in [0.1, 0.15) is 6.04 Å². The Morgan fingerprint density at radius 1 is 1.40 bits per heavy atom. The molecule has 0 bridgehead atoms. The lowest BCUT2D eigenvalue weighted by atomic mass is 9.99. The van der Waals surface area contributed by atoms with E-state index in [1.54, 1.807) is 4.68 Å². The van der Waals surface area contributed by atoms with Crippen LogP contribution in [0.15, 0.2) is 30.3 Å². The van der Waals surface area contributed by atoms with Crippen molar-refractivity contribution in [1.82, 2.24) is 30.8 Å². The van der Waals surface area contributed by atoms with Gasteiger partial charge < -0.3 is 16.0 Å². The smallest absolute Gasteiger partial charge is 0.248 e. The molecule has 3 atom stereocenters. The monoisotopic (exact) mass is 343 g/mol. The number of amides is 1. The van der Waals surface area contributed by atoms with E-state index in [1.165, 1.54) is 0 Å². The Hall–Kier alpha value is -2.48. The van der Waals surface area contributed by atoms with Crippen molar-refractivity contribution >= 4 is 11.9 Å². The molecule has 1 aliphatic rings. The summed E-state index contributed by atoms with van der Waals surface area (Å²) in [5.74, 6) is 0.439. The highest BCUT2D eigenvalue weighted by atomic mass is 16.2. The van der Waals surface area contributed by atoms with Crippen molar-refractivity contribution in [3.05, 3.63) is 30.3 Å². The topological polar surface area (TPSA) is 96.8 Å². The maximum absolute atomic E-state index is 12.7. The second-order valence-electron chi connectivity index (χ2n) is 6.36. The highest BCUT2D eigenvalue weighted by Crippen LogP contribution is 2.13. The summed E-state index contributed by atoms with van der Waals surface area (Å²) in [6.07, 6.45) is 2.71. The third kappa shape index (κ3) is 4.14. The molecule has 3 N–H and O–H groups in total. The number of tetrazole rings is 1. The van der Waals surface area contributed by atoms with Gasteiger partial charge in [-0.2, -0.15) is 4.68 Å². The first-order valence-electron chi connectivity index (χ1n) is 8.83. The van der Waals surface area contributed by atoms with Crippen molar-refractivity contribution < 1.29 is 4.79 Å². The van der Waals surface area contributed by atoms with Crippen LogP contribution in [0, 0.1) is 0 Å². The van der Waals surface area contributed by atoms with Gasteiger partial charge in [0, 0.05) is 12.1 Å². The Bertz CT molecular complexity index is 687. The number of hydrogen-bond donors (Lipinski definition) is 3. The van der Waals surface area contributed by atoms with E-state index in [4.69, 9.17) is 0 Å². The van der Waals surface area contributed by atoms with Crippen molar-refractivity contribution in [2.45, 2.75) is 51.2 Å². The lowest BCUT2D eigenvalue weighted by Gasteiger charge is -2.31. The summed E-state index contributed by atoms with van der Waals surface area (Å²) in [7, 11) is 0. The highest BCUT2D eigenvalue weighted by Gasteiger charge is 2.26. The van der Waals surface area contributed by atoms with E-state index >= 15 is 0 Å². The lowest BCUT2D eigenvalue weighted by molar-refractivity contribution is -0.123. The van der Waals surface area contributed by atoms with Crippen molar-refractivity contribution in [2.75, 3.05) is 11.9 Å². The fourth-order valence-electron chi connectivity index (χ4n) is 3.05. The average molecular weight is 343 g/mol. The van der Waals surface area contributed by atoms with E-state index in [0.29, 0.717) is 12.4 Å². The molecule has 1 fully saturated rings. The number of piperidine rings is 1. The lowest BCUT2D eigenvalue weighted by Crippen LogP contribution is -2.54. The van der Waals surface area contributed by atoms with Gasteiger partial charge in [0.25, 0.3) is 0 Å². The molecule has 1 aromatic heterocycles. The molecular weight excluding hydrogens is 318 g/mol. The third-order valence-corrected chi connectivity index (χ3v) is 4.59. The molecule has 0 saturated carbocycles. The van der Waals surface area contributed by atoms with E-state index in [9.17, 15) is 4.79 Å². The van der Waals surface area contributed by atoms with Gasteiger partial charge in [0.05, 0.1) is 5.69 Å². The number of para-hydroxylation sites is 1. The minimum atomic E-state index is -0.386. The zero-order valence-corrected chi connectivity index (χ0v) is 14.6. The van der Waals surface area contributed by atoms with E-state index in [2.05, 4.69) is 38.4 Å². The van der Waals surface area contributed by atoms with Crippen LogP contribution < -0.4 is 16.0 Å². The van der Waals surface area contributed by atoms with Crippen LogP contribution in [0.5, 0.6) is 0 Å². The van der Waals surface area contributed by atoms with Crippen LogP contribution >= 0.6 is 0 Å². The van der Waals surface area contributed by atoms with Crippen LogP contribution in [0.1, 0.15) is 33.1 Å². The molecule has 1 aromatic carbocycles. The molecule has 0 aliphatic carbocycles. The van der Waals surface area contributed by atoms with Crippen LogP contribution in [0.25, 0.3) is 5.69 Å². The summed E-state index contributed by atoms with van der Waals surface area (Å²) in [4.78, 5) is 12.7. The fraction of sp³-hybridized carbons (Fsp3) is 0.529. The SMILES string of the molecule is CCC(Nc1nnnn1-c1ccccc1)C(=O)NC1CCCNC1C. The molecule has 1 amide bonds. The molecule has 2 heterocycles. The molecule has 3 unspecified atom stereocenters. The first kappa shape index (κ1) is 17.3.